The molecule has 0 saturated carbocycles. The molecule has 2 aromatic carbocycles. The number of hydrogen-bond acceptors (Lipinski definition) is 2. The van der Waals surface area contributed by atoms with Gasteiger partial charge in [0.05, 0.1) is 6.54 Å². The predicted molar refractivity (Wildman–Crippen MR) is 101 cm³/mol. The van der Waals surface area contributed by atoms with Gasteiger partial charge in [0.1, 0.15) is 0 Å². The SMILES string of the molecule is CC(Cc1ccc(Cl)cc1)C(=O)NCC(=O)NCc1ccc(Cl)cc1. The third-order valence-corrected chi connectivity index (χ3v) is 4.23. The number of carbonyl (C=O) groups excluding carboxylic acids is 2. The zero-order chi connectivity index (χ0) is 18.2. The first-order valence-electron chi connectivity index (χ1n) is 7.97. The number of carbonyl (C=O) groups is 2. The van der Waals surface area contributed by atoms with Crippen molar-refractivity contribution in [3.8, 4) is 0 Å². The summed E-state index contributed by atoms with van der Waals surface area (Å²) in [5.41, 5.74) is 1.97. The van der Waals surface area contributed by atoms with E-state index in [0.717, 1.165) is 11.1 Å². The van der Waals surface area contributed by atoms with Crippen molar-refractivity contribution in [3.05, 3.63) is 69.7 Å². The van der Waals surface area contributed by atoms with Gasteiger partial charge in [0.15, 0.2) is 0 Å². The largest absolute Gasteiger partial charge is 0.350 e. The van der Waals surface area contributed by atoms with Crippen LogP contribution in [0.15, 0.2) is 48.5 Å². The Morgan fingerprint density at radius 2 is 1.40 bits per heavy atom. The minimum atomic E-state index is -0.234. The van der Waals surface area contributed by atoms with Crippen LogP contribution in [-0.2, 0) is 22.6 Å². The Labute approximate surface area is 157 Å². The minimum absolute atomic E-state index is 0.0443. The normalized spacial score (nSPS) is 11.6. The van der Waals surface area contributed by atoms with Crippen LogP contribution in [0, 0.1) is 5.92 Å². The zero-order valence-electron chi connectivity index (χ0n) is 13.9. The number of halogens is 2. The summed E-state index contributed by atoms with van der Waals surface area (Å²) in [5, 5.41) is 6.73. The summed E-state index contributed by atoms with van der Waals surface area (Å²) in [6.45, 7) is 2.18. The van der Waals surface area contributed by atoms with E-state index >= 15 is 0 Å². The molecule has 6 heteroatoms. The van der Waals surface area contributed by atoms with E-state index in [2.05, 4.69) is 10.6 Å². The molecule has 2 amide bonds. The van der Waals surface area contributed by atoms with Gasteiger partial charge < -0.3 is 10.6 Å². The van der Waals surface area contributed by atoms with Crippen LogP contribution in [0.5, 0.6) is 0 Å². The highest BCUT2D eigenvalue weighted by molar-refractivity contribution is 6.30. The van der Waals surface area contributed by atoms with E-state index in [-0.39, 0.29) is 24.3 Å². The van der Waals surface area contributed by atoms with Gasteiger partial charge in [-0.05, 0) is 41.8 Å². The Kier molecular flexibility index (Phi) is 7.29. The van der Waals surface area contributed by atoms with Crippen LogP contribution in [0.1, 0.15) is 18.1 Å². The number of hydrogen-bond donors (Lipinski definition) is 2. The first-order chi connectivity index (χ1) is 11.9. The van der Waals surface area contributed by atoms with Crippen molar-refractivity contribution in [1.82, 2.24) is 10.6 Å². The molecule has 0 aliphatic carbocycles. The maximum Gasteiger partial charge on any atom is 0.239 e. The minimum Gasteiger partial charge on any atom is -0.350 e. The van der Waals surface area contributed by atoms with E-state index in [9.17, 15) is 9.59 Å². The summed E-state index contributed by atoms with van der Waals surface area (Å²) in [5.74, 6) is -0.621. The second-order valence-electron chi connectivity index (χ2n) is 5.85. The van der Waals surface area contributed by atoms with Gasteiger partial charge >= 0.3 is 0 Å². The van der Waals surface area contributed by atoms with Crippen LogP contribution in [0.25, 0.3) is 0 Å². The van der Waals surface area contributed by atoms with E-state index in [4.69, 9.17) is 23.2 Å². The van der Waals surface area contributed by atoms with Crippen molar-refractivity contribution in [3.63, 3.8) is 0 Å². The van der Waals surface area contributed by atoms with E-state index < -0.39 is 0 Å². The average molecular weight is 379 g/mol. The van der Waals surface area contributed by atoms with E-state index in [1.807, 2.05) is 31.2 Å². The number of amides is 2. The van der Waals surface area contributed by atoms with Gasteiger partial charge in [-0.1, -0.05) is 54.4 Å². The van der Waals surface area contributed by atoms with Gasteiger partial charge in [-0.25, -0.2) is 0 Å². The van der Waals surface area contributed by atoms with E-state index in [1.54, 1.807) is 24.3 Å². The maximum atomic E-state index is 12.1. The molecule has 4 nitrogen and oxygen atoms in total. The first-order valence-corrected chi connectivity index (χ1v) is 8.73. The fraction of sp³-hybridized carbons (Fsp3) is 0.263. The molecule has 2 rings (SSSR count). The maximum absolute atomic E-state index is 12.1. The predicted octanol–water partition coefficient (Wildman–Crippen LogP) is 3.60. The van der Waals surface area contributed by atoms with Crippen LogP contribution < -0.4 is 10.6 Å². The molecule has 2 aromatic rings. The molecule has 0 spiro atoms. The Morgan fingerprint density at radius 3 is 1.96 bits per heavy atom. The van der Waals surface area contributed by atoms with Crippen LogP contribution in [0.3, 0.4) is 0 Å². The summed E-state index contributed by atoms with van der Waals surface area (Å²) in [6.07, 6.45) is 0.593. The van der Waals surface area contributed by atoms with Gasteiger partial charge in [0, 0.05) is 22.5 Å². The number of benzene rings is 2. The highest BCUT2D eigenvalue weighted by atomic mass is 35.5. The summed E-state index contributed by atoms with van der Waals surface area (Å²) < 4.78 is 0. The monoisotopic (exact) mass is 378 g/mol. The van der Waals surface area contributed by atoms with Crippen LogP contribution in [-0.4, -0.2) is 18.4 Å². The lowest BCUT2D eigenvalue weighted by Crippen LogP contribution is -2.39. The molecule has 25 heavy (non-hydrogen) atoms. The molecule has 0 heterocycles. The molecule has 0 fully saturated rings. The molecule has 0 radical (unpaired) electrons. The molecule has 0 aromatic heterocycles. The molecule has 0 bridgehead atoms. The van der Waals surface area contributed by atoms with Crippen LogP contribution in [0.2, 0.25) is 10.0 Å². The van der Waals surface area contributed by atoms with E-state index in [0.29, 0.717) is 23.0 Å². The topological polar surface area (TPSA) is 58.2 Å². The summed E-state index contributed by atoms with van der Waals surface area (Å²) in [6, 6.07) is 14.6. The lowest BCUT2D eigenvalue weighted by atomic mass is 10.0. The van der Waals surface area contributed by atoms with Crippen LogP contribution >= 0.6 is 23.2 Å². The molecule has 1 atom stereocenters. The molecule has 0 aliphatic rings. The number of nitrogens with one attached hydrogen (secondary N) is 2. The Morgan fingerprint density at radius 1 is 0.880 bits per heavy atom. The lowest BCUT2D eigenvalue weighted by molar-refractivity contribution is -0.128. The second kappa shape index (κ2) is 9.44. The van der Waals surface area contributed by atoms with Crippen molar-refractivity contribution < 1.29 is 9.59 Å². The zero-order valence-corrected chi connectivity index (χ0v) is 15.4. The van der Waals surface area contributed by atoms with Crippen molar-refractivity contribution in [1.29, 1.82) is 0 Å². The molecule has 132 valence electrons. The smallest absolute Gasteiger partial charge is 0.239 e. The summed E-state index contributed by atoms with van der Waals surface area (Å²) in [7, 11) is 0. The van der Waals surface area contributed by atoms with Gasteiger partial charge in [0.2, 0.25) is 11.8 Å². The highest BCUT2D eigenvalue weighted by Gasteiger charge is 2.14. The van der Waals surface area contributed by atoms with Gasteiger partial charge in [-0.15, -0.1) is 0 Å². The first kappa shape index (κ1) is 19.3. The molecular formula is C19H20Cl2N2O2. The van der Waals surface area contributed by atoms with Crippen molar-refractivity contribution in [2.75, 3.05) is 6.54 Å². The van der Waals surface area contributed by atoms with E-state index in [1.165, 1.54) is 0 Å². The molecule has 2 N–H and O–H groups in total. The molecular weight excluding hydrogens is 359 g/mol. The second-order valence-corrected chi connectivity index (χ2v) is 6.73. The summed E-state index contributed by atoms with van der Waals surface area (Å²) >= 11 is 11.7. The molecule has 0 saturated heterocycles. The van der Waals surface area contributed by atoms with Crippen molar-refractivity contribution in [2.45, 2.75) is 19.9 Å². The average Bonchev–Trinajstić information content (AvgIpc) is 2.61. The Balaban J connectivity index is 1.71. The third-order valence-electron chi connectivity index (χ3n) is 3.73. The van der Waals surface area contributed by atoms with Crippen molar-refractivity contribution in [2.24, 2.45) is 5.92 Å². The fourth-order valence-electron chi connectivity index (χ4n) is 2.27. The molecule has 1 unspecified atom stereocenters. The highest BCUT2D eigenvalue weighted by Crippen LogP contribution is 2.13. The third kappa shape index (κ3) is 6.77. The summed E-state index contributed by atoms with van der Waals surface area (Å²) in [4.78, 5) is 23.9. The van der Waals surface area contributed by atoms with Gasteiger partial charge in [0.25, 0.3) is 0 Å². The molecule has 0 aliphatic heterocycles. The van der Waals surface area contributed by atoms with Gasteiger partial charge in [-0.3, -0.25) is 9.59 Å². The number of rotatable bonds is 7. The Bertz CT molecular complexity index is 715. The lowest BCUT2D eigenvalue weighted by Gasteiger charge is -2.12. The Hall–Kier alpha value is -2.04. The standard InChI is InChI=1S/C19H20Cl2N2O2/c1-13(10-14-2-6-16(20)7-3-14)19(25)23-12-18(24)22-11-15-4-8-17(21)9-5-15/h2-9,13H,10-12H2,1H3,(H,22,24)(H,23,25). The quantitative estimate of drug-likeness (QED) is 0.772. The van der Waals surface area contributed by atoms with Crippen molar-refractivity contribution >= 4 is 35.0 Å². The fourth-order valence-corrected chi connectivity index (χ4v) is 2.53. The van der Waals surface area contributed by atoms with Gasteiger partial charge in [-0.2, -0.15) is 0 Å². The van der Waals surface area contributed by atoms with Crippen LogP contribution in [0.4, 0.5) is 0 Å².